The summed E-state index contributed by atoms with van der Waals surface area (Å²) in [6.07, 6.45) is 0. The molecule has 6 heteroatoms. The molecule has 0 aliphatic carbocycles. The van der Waals surface area contributed by atoms with Gasteiger partial charge in [-0.1, -0.05) is 16.8 Å². The molecule has 0 spiro atoms. The van der Waals surface area contributed by atoms with Crippen LogP contribution in [0, 0.1) is 6.92 Å². The topological polar surface area (TPSA) is 52.3 Å². The highest BCUT2D eigenvalue weighted by Crippen LogP contribution is 2.24. The summed E-state index contributed by atoms with van der Waals surface area (Å²) in [6, 6.07) is 7.07. The molecule has 0 aliphatic rings. The number of ether oxygens (including phenoxy) is 1. The fourth-order valence-electron chi connectivity index (χ4n) is 1.73. The Morgan fingerprint density at radius 2 is 2.16 bits per heavy atom. The van der Waals surface area contributed by atoms with E-state index in [1.165, 1.54) is 0 Å². The minimum absolute atomic E-state index is 0.330. The highest BCUT2D eigenvalue weighted by molar-refractivity contribution is 7.83. The summed E-state index contributed by atoms with van der Waals surface area (Å²) in [7, 11) is 0.478. The summed E-state index contributed by atoms with van der Waals surface area (Å²) in [5.74, 6) is 2.00. The number of aromatic nitrogens is 1. The van der Waals surface area contributed by atoms with Crippen molar-refractivity contribution in [1.29, 1.82) is 0 Å². The third-order valence-corrected chi connectivity index (χ3v) is 4.01. The van der Waals surface area contributed by atoms with E-state index >= 15 is 0 Å². The normalized spacial score (nSPS) is 12.4. The zero-order valence-electron chi connectivity index (χ0n) is 10.7. The van der Waals surface area contributed by atoms with E-state index in [0.717, 1.165) is 11.3 Å². The third kappa shape index (κ3) is 3.81. The average Bonchev–Trinajstić information content (AvgIpc) is 2.75. The van der Waals surface area contributed by atoms with Crippen LogP contribution in [0.3, 0.4) is 0 Å². The second-order valence-corrected chi connectivity index (χ2v) is 6.01. The molecular formula is C13H14ClNO3S. The molecule has 102 valence electrons. The lowest BCUT2D eigenvalue weighted by Gasteiger charge is -2.08. The van der Waals surface area contributed by atoms with Crippen LogP contribution in [0.25, 0.3) is 0 Å². The van der Waals surface area contributed by atoms with E-state index in [-0.39, 0.29) is 0 Å². The predicted octanol–water partition coefficient (Wildman–Crippen LogP) is 3.09. The molecule has 0 saturated carbocycles. The Bertz CT molecular complexity index is 597. The SMILES string of the molecule is COc1ccc(Cl)cc1C[S@](=O)Cc1cc(C)no1. The lowest BCUT2D eigenvalue weighted by atomic mass is 10.2. The van der Waals surface area contributed by atoms with Crippen LogP contribution in [0.1, 0.15) is 17.0 Å². The third-order valence-electron chi connectivity index (χ3n) is 2.54. The van der Waals surface area contributed by atoms with Crippen molar-refractivity contribution in [3.05, 3.63) is 46.3 Å². The molecule has 4 nitrogen and oxygen atoms in total. The van der Waals surface area contributed by atoms with E-state index in [1.807, 2.05) is 6.92 Å². The van der Waals surface area contributed by atoms with Gasteiger partial charge in [-0.25, -0.2) is 0 Å². The van der Waals surface area contributed by atoms with Crippen molar-refractivity contribution in [2.75, 3.05) is 7.11 Å². The van der Waals surface area contributed by atoms with Crippen LogP contribution in [-0.2, 0) is 22.3 Å². The largest absolute Gasteiger partial charge is 0.496 e. The van der Waals surface area contributed by atoms with Gasteiger partial charge in [-0.05, 0) is 25.1 Å². The molecule has 0 unspecified atom stereocenters. The van der Waals surface area contributed by atoms with Crippen LogP contribution < -0.4 is 4.74 Å². The van der Waals surface area contributed by atoms with Gasteiger partial charge in [0, 0.05) is 27.5 Å². The first-order valence-corrected chi connectivity index (χ1v) is 7.54. The minimum Gasteiger partial charge on any atom is -0.496 e. The van der Waals surface area contributed by atoms with E-state index in [2.05, 4.69) is 5.16 Å². The number of hydrogen-bond acceptors (Lipinski definition) is 4. The number of methoxy groups -OCH3 is 1. The molecule has 0 saturated heterocycles. The van der Waals surface area contributed by atoms with E-state index in [4.69, 9.17) is 20.9 Å². The Kier molecular flexibility index (Phi) is 4.61. The highest BCUT2D eigenvalue weighted by atomic mass is 35.5. The lowest BCUT2D eigenvalue weighted by molar-refractivity contribution is 0.390. The van der Waals surface area contributed by atoms with Gasteiger partial charge in [-0.3, -0.25) is 4.21 Å². The Balaban J connectivity index is 2.08. The first kappa shape index (κ1) is 14.1. The van der Waals surface area contributed by atoms with Crippen molar-refractivity contribution < 1.29 is 13.5 Å². The molecule has 1 aromatic heterocycles. The molecule has 0 bridgehead atoms. The standard InChI is InChI=1S/C13H14ClNO3S/c1-9-5-12(18-15-9)8-19(16)7-10-6-11(14)3-4-13(10)17-2/h3-6H,7-8H2,1-2H3/t19-/m0/s1. The van der Waals surface area contributed by atoms with E-state index in [0.29, 0.717) is 28.0 Å². The quantitative estimate of drug-likeness (QED) is 0.851. The van der Waals surface area contributed by atoms with Gasteiger partial charge in [0.25, 0.3) is 0 Å². The Labute approximate surface area is 119 Å². The molecule has 2 aromatic rings. The van der Waals surface area contributed by atoms with Crippen LogP contribution in [0.2, 0.25) is 5.02 Å². The van der Waals surface area contributed by atoms with Crippen molar-refractivity contribution in [1.82, 2.24) is 5.16 Å². The summed E-state index contributed by atoms with van der Waals surface area (Å²) in [5, 5.41) is 4.37. The smallest absolute Gasteiger partial charge is 0.149 e. The predicted molar refractivity (Wildman–Crippen MR) is 74.8 cm³/mol. The van der Waals surface area contributed by atoms with Gasteiger partial charge in [0.15, 0.2) is 0 Å². The number of benzene rings is 1. The number of halogens is 1. The van der Waals surface area contributed by atoms with Crippen LogP contribution >= 0.6 is 11.6 Å². The fourth-order valence-corrected chi connectivity index (χ4v) is 3.05. The Hall–Kier alpha value is -1.33. The maximum atomic E-state index is 12.1. The number of aryl methyl sites for hydroxylation is 1. The first-order valence-electron chi connectivity index (χ1n) is 5.68. The number of rotatable bonds is 5. The number of hydrogen-bond donors (Lipinski definition) is 0. The molecule has 1 heterocycles. The average molecular weight is 300 g/mol. The van der Waals surface area contributed by atoms with Crippen molar-refractivity contribution in [3.63, 3.8) is 0 Å². The maximum absolute atomic E-state index is 12.1. The van der Waals surface area contributed by atoms with Crippen molar-refractivity contribution >= 4 is 22.4 Å². The van der Waals surface area contributed by atoms with Crippen LogP contribution in [0.4, 0.5) is 0 Å². The van der Waals surface area contributed by atoms with Gasteiger partial charge >= 0.3 is 0 Å². The maximum Gasteiger partial charge on any atom is 0.149 e. The molecule has 0 amide bonds. The van der Waals surface area contributed by atoms with Gasteiger partial charge < -0.3 is 9.26 Å². The van der Waals surface area contributed by atoms with Crippen LogP contribution in [-0.4, -0.2) is 16.5 Å². The zero-order chi connectivity index (χ0) is 13.8. The minimum atomic E-state index is -1.10. The number of nitrogens with zero attached hydrogens (tertiary/aromatic N) is 1. The molecule has 0 fully saturated rings. The van der Waals surface area contributed by atoms with Gasteiger partial charge in [0.1, 0.15) is 11.5 Å². The van der Waals surface area contributed by atoms with E-state index in [1.54, 1.807) is 31.4 Å². The summed E-state index contributed by atoms with van der Waals surface area (Å²) in [6.45, 7) is 1.83. The molecule has 0 aliphatic heterocycles. The van der Waals surface area contributed by atoms with E-state index < -0.39 is 10.8 Å². The molecule has 1 atom stereocenters. The van der Waals surface area contributed by atoms with Gasteiger partial charge in [0.2, 0.25) is 0 Å². The molecule has 19 heavy (non-hydrogen) atoms. The zero-order valence-corrected chi connectivity index (χ0v) is 12.3. The first-order chi connectivity index (χ1) is 9.08. The summed E-state index contributed by atoms with van der Waals surface area (Å²) in [5.41, 5.74) is 1.61. The van der Waals surface area contributed by atoms with Gasteiger partial charge in [-0.15, -0.1) is 0 Å². The van der Waals surface area contributed by atoms with Gasteiger partial charge in [0.05, 0.1) is 24.3 Å². The Morgan fingerprint density at radius 1 is 1.37 bits per heavy atom. The molecule has 1 aromatic carbocycles. The monoisotopic (exact) mass is 299 g/mol. The Morgan fingerprint density at radius 3 is 2.79 bits per heavy atom. The van der Waals surface area contributed by atoms with Crippen molar-refractivity contribution in [2.24, 2.45) is 0 Å². The van der Waals surface area contributed by atoms with Crippen molar-refractivity contribution in [2.45, 2.75) is 18.4 Å². The molecular weight excluding hydrogens is 286 g/mol. The van der Waals surface area contributed by atoms with Crippen LogP contribution in [0.5, 0.6) is 5.75 Å². The molecule has 0 N–H and O–H groups in total. The summed E-state index contributed by atoms with van der Waals surface area (Å²) in [4.78, 5) is 0. The van der Waals surface area contributed by atoms with E-state index in [9.17, 15) is 4.21 Å². The molecule has 2 rings (SSSR count). The lowest BCUT2D eigenvalue weighted by Crippen LogP contribution is -2.01. The second-order valence-electron chi connectivity index (χ2n) is 4.12. The summed E-state index contributed by atoms with van der Waals surface area (Å²) < 4.78 is 22.4. The fraction of sp³-hybridized carbons (Fsp3) is 0.308. The van der Waals surface area contributed by atoms with Gasteiger partial charge in [-0.2, -0.15) is 0 Å². The molecule has 0 radical (unpaired) electrons. The highest BCUT2D eigenvalue weighted by Gasteiger charge is 2.11. The van der Waals surface area contributed by atoms with Crippen molar-refractivity contribution in [3.8, 4) is 5.75 Å². The van der Waals surface area contributed by atoms with Crippen LogP contribution in [0.15, 0.2) is 28.8 Å². The summed E-state index contributed by atoms with van der Waals surface area (Å²) >= 11 is 5.94. The second kappa shape index (κ2) is 6.21.